The first-order valence-corrected chi connectivity index (χ1v) is 7.05. The molecule has 5 nitrogen and oxygen atoms in total. The van der Waals surface area contributed by atoms with Gasteiger partial charge in [-0.1, -0.05) is 34.8 Å². The van der Waals surface area contributed by atoms with Crippen molar-refractivity contribution in [2.45, 2.75) is 25.3 Å². The summed E-state index contributed by atoms with van der Waals surface area (Å²) in [5, 5.41) is 3.73. The predicted octanol–water partition coefficient (Wildman–Crippen LogP) is 1.75. The molecule has 1 aromatic heterocycles. The molecule has 1 aliphatic heterocycles. The number of hydrogen-bond donors (Lipinski definition) is 0. The highest BCUT2D eigenvalue weighted by Gasteiger charge is 2.49. The smallest absolute Gasteiger partial charge is 0.240 e. The third kappa shape index (κ3) is 2.02. The van der Waals surface area contributed by atoms with Gasteiger partial charge in [-0.25, -0.2) is 0 Å². The summed E-state index contributed by atoms with van der Waals surface area (Å²) in [7, 11) is 0. The fraction of sp³-hybridized carbons (Fsp3) is 0.286. The van der Waals surface area contributed by atoms with E-state index in [1.165, 1.54) is 16.4 Å². The first kappa shape index (κ1) is 12.9. The van der Waals surface area contributed by atoms with Crippen LogP contribution in [0.4, 0.5) is 0 Å². The van der Waals surface area contributed by atoms with Gasteiger partial charge in [0.1, 0.15) is 0 Å². The van der Waals surface area contributed by atoms with Gasteiger partial charge in [0.2, 0.25) is 11.8 Å². The molecule has 6 heteroatoms. The van der Waals surface area contributed by atoms with Crippen molar-refractivity contribution < 1.29 is 9.59 Å². The van der Waals surface area contributed by atoms with Gasteiger partial charge in [-0.2, -0.15) is 0 Å². The van der Waals surface area contributed by atoms with E-state index < -0.39 is 5.41 Å². The molecule has 0 aliphatic carbocycles. The van der Waals surface area contributed by atoms with Gasteiger partial charge < -0.3 is 0 Å². The molecule has 1 saturated heterocycles. The Kier molecular flexibility index (Phi) is 3.10. The molecule has 102 valence electrons. The van der Waals surface area contributed by atoms with Crippen LogP contribution in [0.2, 0.25) is 0 Å². The van der Waals surface area contributed by atoms with E-state index in [4.69, 9.17) is 0 Å². The van der Waals surface area contributed by atoms with Crippen molar-refractivity contribution in [2.24, 2.45) is 0 Å². The Hall–Kier alpha value is -2.08. The van der Waals surface area contributed by atoms with Crippen LogP contribution in [-0.4, -0.2) is 26.3 Å². The molecule has 0 saturated carbocycles. The lowest BCUT2D eigenvalue weighted by atomic mass is 9.81. The highest BCUT2D eigenvalue weighted by molar-refractivity contribution is 7.05. The molecule has 3 rings (SSSR count). The fourth-order valence-electron chi connectivity index (χ4n) is 2.49. The number of carbonyl (C=O) groups excluding carboxylic acids is 2. The van der Waals surface area contributed by atoms with Gasteiger partial charge in [-0.15, -0.1) is 5.10 Å². The van der Waals surface area contributed by atoms with E-state index in [9.17, 15) is 9.59 Å². The third-order valence-corrected chi connectivity index (χ3v) is 4.30. The van der Waals surface area contributed by atoms with Gasteiger partial charge in [0.25, 0.3) is 0 Å². The van der Waals surface area contributed by atoms with Crippen molar-refractivity contribution in [2.75, 3.05) is 0 Å². The Morgan fingerprint density at radius 2 is 2.05 bits per heavy atom. The van der Waals surface area contributed by atoms with Gasteiger partial charge in [-0.3, -0.25) is 14.5 Å². The lowest BCUT2D eigenvalue weighted by molar-refractivity contribution is -0.140. The molecule has 0 N–H and O–H groups in total. The predicted molar refractivity (Wildman–Crippen MR) is 73.9 cm³/mol. The van der Waals surface area contributed by atoms with E-state index in [-0.39, 0.29) is 24.8 Å². The molecule has 1 fully saturated rings. The normalized spacial score (nSPS) is 22.6. The number of rotatable bonds is 3. The highest BCUT2D eigenvalue weighted by Crippen LogP contribution is 2.36. The Balaban J connectivity index is 1.90. The molecule has 0 radical (unpaired) electrons. The maximum atomic E-state index is 12.6. The van der Waals surface area contributed by atoms with Crippen molar-refractivity contribution in [3.63, 3.8) is 0 Å². The number of likely N-dealkylation sites (tertiary alicyclic amines) is 1. The van der Waals surface area contributed by atoms with Crippen LogP contribution in [0.5, 0.6) is 0 Å². The third-order valence-electron chi connectivity index (χ3n) is 3.65. The van der Waals surface area contributed by atoms with Gasteiger partial charge >= 0.3 is 0 Å². The Labute approximate surface area is 120 Å². The summed E-state index contributed by atoms with van der Waals surface area (Å²) in [5.74, 6) is -0.295. The van der Waals surface area contributed by atoms with Gasteiger partial charge in [0.05, 0.1) is 23.0 Å². The highest BCUT2D eigenvalue weighted by atomic mass is 32.1. The average Bonchev–Trinajstić information content (AvgIpc) is 3.04. The summed E-state index contributed by atoms with van der Waals surface area (Å²) in [4.78, 5) is 26.9. The number of aromatic nitrogens is 2. The van der Waals surface area contributed by atoms with Crippen LogP contribution in [0, 0.1) is 0 Å². The lowest BCUT2D eigenvalue weighted by Gasteiger charge is -2.22. The monoisotopic (exact) mass is 287 g/mol. The van der Waals surface area contributed by atoms with E-state index in [0.717, 1.165) is 10.4 Å². The maximum Gasteiger partial charge on any atom is 0.240 e. The number of amides is 2. The zero-order valence-corrected chi connectivity index (χ0v) is 11.8. The average molecular weight is 287 g/mol. The molecule has 2 heterocycles. The van der Waals surface area contributed by atoms with Crippen molar-refractivity contribution >= 4 is 23.3 Å². The van der Waals surface area contributed by atoms with E-state index in [0.29, 0.717) is 0 Å². The lowest BCUT2D eigenvalue weighted by Crippen LogP contribution is -2.36. The topological polar surface area (TPSA) is 63.2 Å². The fourth-order valence-corrected chi connectivity index (χ4v) is 2.97. The first-order chi connectivity index (χ1) is 9.61. The minimum Gasteiger partial charge on any atom is -0.276 e. The Bertz CT molecular complexity index is 642. The van der Waals surface area contributed by atoms with Crippen LogP contribution >= 0.6 is 11.5 Å². The van der Waals surface area contributed by atoms with Crippen LogP contribution < -0.4 is 0 Å². The number of nitrogens with zero attached hydrogens (tertiary/aromatic N) is 3. The summed E-state index contributed by atoms with van der Waals surface area (Å²) in [6, 6.07) is 9.45. The second-order valence-electron chi connectivity index (χ2n) is 5.04. The molecule has 2 amide bonds. The van der Waals surface area contributed by atoms with Crippen molar-refractivity contribution in [1.82, 2.24) is 14.5 Å². The van der Waals surface area contributed by atoms with Crippen LogP contribution in [-0.2, 0) is 21.5 Å². The first-order valence-electron chi connectivity index (χ1n) is 6.28. The molecule has 1 unspecified atom stereocenters. The summed E-state index contributed by atoms with van der Waals surface area (Å²) >= 11 is 1.20. The van der Waals surface area contributed by atoms with Crippen molar-refractivity contribution in [3.05, 3.63) is 47.0 Å². The molecule has 0 bridgehead atoms. The summed E-state index contributed by atoms with van der Waals surface area (Å²) < 4.78 is 3.75. The van der Waals surface area contributed by atoms with Crippen LogP contribution in [0.25, 0.3) is 0 Å². The molecule has 20 heavy (non-hydrogen) atoms. The maximum absolute atomic E-state index is 12.6. The number of hydrogen-bond acceptors (Lipinski definition) is 5. The largest absolute Gasteiger partial charge is 0.276 e. The molecule has 1 aliphatic rings. The molecular formula is C14H13N3O2S. The number of carbonyl (C=O) groups is 2. The van der Waals surface area contributed by atoms with E-state index in [1.54, 1.807) is 6.20 Å². The van der Waals surface area contributed by atoms with Gasteiger partial charge in [-0.05, 0) is 24.0 Å². The summed E-state index contributed by atoms with van der Waals surface area (Å²) in [5.41, 5.74) is 0.111. The van der Waals surface area contributed by atoms with Gasteiger partial charge in [0.15, 0.2) is 0 Å². The Morgan fingerprint density at radius 3 is 2.70 bits per heavy atom. The van der Waals surface area contributed by atoms with Gasteiger partial charge in [0, 0.05) is 6.42 Å². The van der Waals surface area contributed by atoms with Crippen LogP contribution in [0.15, 0.2) is 36.5 Å². The van der Waals surface area contributed by atoms with Crippen LogP contribution in [0.1, 0.15) is 23.8 Å². The quantitative estimate of drug-likeness (QED) is 0.807. The number of benzene rings is 1. The van der Waals surface area contributed by atoms with E-state index in [2.05, 4.69) is 9.59 Å². The standard InChI is InChI=1S/C14H13N3O2S/c1-14(10-5-3-2-4-6-10)7-12(18)17(13(14)19)9-11-8-15-16-20-11/h2-6,8H,7,9H2,1H3. The summed E-state index contributed by atoms with van der Waals surface area (Å²) in [6.07, 6.45) is 1.80. The summed E-state index contributed by atoms with van der Waals surface area (Å²) in [6.45, 7) is 2.09. The molecule has 1 atom stereocenters. The SMILES string of the molecule is CC1(c2ccccc2)CC(=O)N(Cc2cnns2)C1=O. The van der Waals surface area contributed by atoms with E-state index >= 15 is 0 Å². The zero-order valence-electron chi connectivity index (χ0n) is 10.9. The molecular weight excluding hydrogens is 274 g/mol. The zero-order chi connectivity index (χ0) is 14.2. The molecule has 1 aromatic carbocycles. The van der Waals surface area contributed by atoms with Crippen molar-refractivity contribution in [1.29, 1.82) is 0 Å². The minimum atomic E-state index is -0.767. The number of imide groups is 1. The second kappa shape index (κ2) is 4.79. The Morgan fingerprint density at radius 1 is 1.30 bits per heavy atom. The second-order valence-corrected chi connectivity index (χ2v) is 5.91. The van der Waals surface area contributed by atoms with Crippen LogP contribution in [0.3, 0.4) is 0 Å². The minimum absolute atomic E-state index is 0.144. The molecule has 2 aromatic rings. The molecule has 0 spiro atoms. The van der Waals surface area contributed by atoms with Crippen molar-refractivity contribution in [3.8, 4) is 0 Å². The van der Waals surface area contributed by atoms with E-state index in [1.807, 2.05) is 37.3 Å².